The highest BCUT2D eigenvalue weighted by Gasteiger charge is 2.14. The van der Waals surface area contributed by atoms with E-state index >= 15 is 0 Å². The Bertz CT molecular complexity index is 1590. The fourth-order valence-electron chi connectivity index (χ4n) is 3.80. The molecule has 0 fully saturated rings. The number of carbonyl (C=O) groups is 1. The smallest absolute Gasteiger partial charge is 0.255 e. The number of nitrogens with zero attached hydrogens (tertiary/aromatic N) is 4. The zero-order valence-corrected chi connectivity index (χ0v) is 17.3. The number of imidazole rings is 1. The number of H-pyrrole nitrogens is 2. The van der Waals surface area contributed by atoms with E-state index in [0.717, 1.165) is 38.8 Å². The molecule has 0 atom stereocenters. The van der Waals surface area contributed by atoms with Crippen molar-refractivity contribution in [3.63, 3.8) is 0 Å². The predicted octanol–water partition coefficient (Wildman–Crippen LogP) is 4.82. The maximum Gasteiger partial charge on any atom is 0.255 e. The first kappa shape index (κ1) is 18.9. The molecular weight excluding hydrogens is 414 g/mol. The van der Waals surface area contributed by atoms with E-state index in [-0.39, 0.29) is 5.91 Å². The van der Waals surface area contributed by atoms with Gasteiger partial charge < -0.3 is 10.3 Å². The van der Waals surface area contributed by atoms with E-state index in [0.29, 0.717) is 17.1 Å². The summed E-state index contributed by atoms with van der Waals surface area (Å²) in [4.78, 5) is 28.9. The second-order valence-electron chi connectivity index (χ2n) is 7.59. The minimum atomic E-state index is -0.179. The van der Waals surface area contributed by atoms with Crippen LogP contribution in [-0.2, 0) is 0 Å². The number of fused-ring (bicyclic) bond motifs is 2. The van der Waals surface area contributed by atoms with Crippen molar-refractivity contribution < 1.29 is 4.79 Å². The molecule has 4 aromatic heterocycles. The van der Waals surface area contributed by atoms with Gasteiger partial charge >= 0.3 is 0 Å². The number of carbonyl (C=O) groups excluding carboxylic acids is 1. The van der Waals surface area contributed by atoms with Gasteiger partial charge in [0, 0.05) is 28.9 Å². The predicted molar refractivity (Wildman–Crippen MR) is 127 cm³/mol. The number of hydrogen-bond donors (Lipinski definition) is 3. The average Bonchev–Trinajstić information content (AvgIpc) is 3.48. The average molecular weight is 431 g/mol. The summed E-state index contributed by atoms with van der Waals surface area (Å²) in [6, 6.07) is 18.9. The standard InChI is InChI=1S/C25H17N7O/c33-25(15-4-2-1-3-5-15)28-18-10-17(12-27-13-18)16-6-7-20-19(11-16)23(32-31-20)24-29-21-8-9-26-14-22(21)30-24/h1-14H,(H,28,33)(H,29,30)(H,31,32). The third-order valence-corrected chi connectivity index (χ3v) is 5.44. The molecule has 1 amide bonds. The molecule has 8 heteroatoms. The van der Waals surface area contributed by atoms with Gasteiger partial charge in [-0.3, -0.25) is 19.9 Å². The molecule has 6 rings (SSSR count). The van der Waals surface area contributed by atoms with Crippen molar-refractivity contribution in [2.45, 2.75) is 0 Å². The lowest BCUT2D eigenvalue weighted by Crippen LogP contribution is -2.11. The number of hydrogen-bond acceptors (Lipinski definition) is 5. The molecular formula is C25H17N7O. The Hall–Kier alpha value is -4.85. The van der Waals surface area contributed by atoms with E-state index in [9.17, 15) is 4.79 Å². The lowest BCUT2D eigenvalue weighted by atomic mass is 10.0. The van der Waals surface area contributed by atoms with Gasteiger partial charge in [0.2, 0.25) is 0 Å². The number of aromatic nitrogens is 6. The lowest BCUT2D eigenvalue weighted by molar-refractivity contribution is 0.102. The zero-order chi connectivity index (χ0) is 22.2. The van der Waals surface area contributed by atoms with E-state index in [2.05, 4.69) is 35.5 Å². The van der Waals surface area contributed by atoms with Gasteiger partial charge in [-0.15, -0.1) is 0 Å². The molecule has 6 aromatic rings. The second kappa shape index (κ2) is 7.69. The molecule has 33 heavy (non-hydrogen) atoms. The normalized spacial score (nSPS) is 11.2. The van der Waals surface area contributed by atoms with Crippen molar-refractivity contribution in [1.82, 2.24) is 30.1 Å². The highest BCUT2D eigenvalue weighted by Crippen LogP contribution is 2.30. The van der Waals surface area contributed by atoms with E-state index in [1.165, 1.54) is 0 Å². The van der Waals surface area contributed by atoms with Gasteiger partial charge in [0.05, 0.1) is 34.6 Å². The number of amides is 1. The molecule has 0 aliphatic heterocycles. The van der Waals surface area contributed by atoms with Crippen LogP contribution in [0.2, 0.25) is 0 Å². The lowest BCUT2D eigenvalue weighted by Gasteiger charge is -2.08. The van der Waals surface area contributed by atoms with Crippen LogP contribution in [0.3, 0.4) is 0 Å². The van der Waals surface area contributed by atoms with Gasteiger partial charge in [-0.1, -0.05) is 24.3 Å². The van der Waals surface area contributed by atoms with Crippen LogP contribution in [0.5, 0.6) is 0 Å². The SMILES string of the molecule is O=C(Nc1cncc(-c2ccc3[nH]nc(-c4nc5ccncc5[nH]4)c3c2)c1)c1ccccc1. The molecule has 158 valence electrons. The first-order chi connectivity index (χ1) is 16.2. The minimum absolute atomic E-state index is 0.179. The highest BCUT2D eigenvalue weighted by molar-refractivity contribution is 6.04. The zero-order valence-electron chi connectivity index (χ0n) is 17.3. The fraction of sp³-hybridized carbons (Fsp3) is 0. The van der Waals surface area contributed by atoms with E-state index in [1.54, 1.807) is 36.9 Å². The molecule has 3 N–H and O–H groups in total. The summed E-state index contributed by atoms with van der Waals surface area (Å²) in [5.41, 5.74) is 6.35. The number of benzene rings is 2. The van der Waals surface area contributed by atoms with Gasteiger partial charge in [0.25, 0.3) is 5.91 Å². The summed E-state index contributed by atoms with van der Waals surface area (Å²) in [6.07, 6.45) is 6.86. The summed E-state index contributed by atoms with van der Waals surface area (Å²) >= 11 is 0. The summed E-state index contributed by atoms with van der Waals surface area (Å²) in [6.45, 7) is 0. The van der Waals surface area contributed by atoms with Gasteiger partial charge in [0.15, 0.2) is 5.82 Å². The number of nitrogens with one attached hydrogen (secondary N) is 3. The first-order valence-corrected chi connectivity index (χ1v) is 10.3. The van der Waals surface area contributed by atoms with E-state index < -0.39 is 0 Å². The van der Waals surface area contributed by atoms with Crippen LogP contribution in [0.1, 0.15) is 10.4 Å². The number of anilines is 1. The number of pyridine rings is 2. The molecule has 0 spiro atoms. The maximum atomic E-state index is 12.5. The Labute approximate surface area is 187 Å². The Morgan fingerprint density at radius 1 is 0.848 bits per heavy atom. The molecule has 0 aliphatic carbocycles. The van der Waals surface area contributed by atoms with Crippen molar-refractivity contribution in [2.75, 3.05) is 5.32 Å². The van der Waals surface area contributed by atoms with Crippen LogP contribution < -0.4 is 5.32 Å². The van der Waals surface area contributed by atoms with Crippen LogP contribution >= 0.6 is 0 Å². The number of aromatic amines is 2. The van der Waals surface area contributed by atoms with Crippen LogP contribution in [-0.4, -0.2) is 36.0 Å². The molecule has 0 saturated carbocycles. The summed E-state index contributed by atoms with van der Waals surface area (Å²) in [7, 11) is 0. The first-order valence-electron chi connectivity index (χ1n) is 10.3. The summed E-state index contributed by atoms with van der Waals surface area (Å²) < 4.78 is 0. The van der Waals surface area contributed by atoms with Gasteiger partial charge in [-0.05, 0) is 42.0 Å². The Morgan fingerprint density at radius 3 is 2.64 bits per heavy atom. The topological polar surface area (TPSA) is 112 Å². The van der Waals surface area contributed by atoms with Crippen molar-refractivity contribution in [1.29, 1.82) is 0 Å². The summed E-state index contributed by atoms with van der Waals surface area (Å²) in [5, 5.41) is 11.4. The quantitative estimate of drug-likeness (QED) is 0.371. The van der Waals surface area contributed by atoms with Crippen molar-refractivity contribution in [2.24, 2.45) is 0 Å². The molecule has 0 radical (unpaired) electrons. The Balaban J connectivity index is 1.36. The fourth-order valence-corrected chi connectivity index (χ4v) is 3.80. The third-order valence-electron chi connectivity index (χ3n) is 5.44. The molecule has 2 aromatic carbocycles. The molecule has 0 saturated heterocycles. The van der Waals surface area contributed by atoms with Crippen molar-refractivity contribution in [3.05, 3.63) is 91.0 Å². The second-order valence-corrected chi connectivity index (χ2v) is 7.59. The van der Waals surface area contributed by atoms with Gasteiger partial charge in [-0.25, -0.2) is 4.98 Å². The maximum absolute atomic E-state index is 12.5. The Kier molecular flexibility index (Phi) is 4.40. The van der Waals surface area contributed by atoms with Crippen LogP contribution in [0.15, 0.2) is 85.5 Å². The monoisotopic (exact) mass is 431 g/mol. The molecule has 0 unspecified atom stereocenters. The minimum Gasteiger partial charge on any atom is -0.335 e. The van der Waals surface area contributed by atoms with Crippen LogP contribution in [0.25, 0.3) is 44.6 Å². The Morgan fingerprint density at radius 2 is 1.76 bits per heavy atom. The van der Waals surface area contributed by atoms with E-state index in [1.807, 2.05) is 48.5 Å². The van der Waals surface area contributed by atoms with E-state index in [4.69, 9.17) is 0 Å². The van der Waals surface area contributed by atoms with Gasteiger partial charge in [0.1, 0.15) is 5.69 Å². The van der Waals surface area contributed by atoms with Crippen LogP contribution in [0, 0.1) is 0 Å². The molecule has 0 aliphatic rings. The molecule has 0 bridgehead atoms. The largest absolute Gasteiger partial charge is 0.335 e. The number of rotatable bonds is 4. The highest BCUT2D eigenvalue weighted by atomic mass is 16.1. The van der Waals surface area contributed by atoms with Crippen molar-refractivity contribution in [3.8, 4) is 22.6 Å². The molecule has 4 heterocycles. The summed E-state index contributed by atoms with van der Waals surface area (Å²) in [5.74, 6) is 0.491. The molecule has 8 nitrogen and oxygen atoms in total. The third kappa shape index (κ3) is 3.49. The van der Waals surface area contributed by atoms with Crippen molar-refractivity contribution >= 4 is 33.5 Å². The van der Waals surface area contributed by atoms with Crippen LogP contribution in [0.4, 0.5) is 5.69 Å². The van der Waals surface area contributed by atoms with Gasteiger partial charge in [-0.2, -0.15) is 5.10 Å².